The van der Waals surface area contributed by atoms with Gasteiger partial charge in [0, 0.05) is 12.6 Å². The first-order valence-corrected chi connectivity index (χ1v) is 7.44. The Labute approximate surface area is 138 Å². The standard InChI is InChI=1S/C17H17NO6/c1-4-23-16(21)13(14(19)17(22)24-5-2)12-10-8-6-7-9-11(10)18(3)15(12)20/h6-9H,4-5H2,1-3H3/b13-12+. The van der Waals surface area contributed by atoms with Crippen LogP contribution < -0.4 is 4.90 Å². The number of benzene rings is 1. The summed E-state index contributed by atoms with van der Waals surface area (Å²) in [5, 5.41) is 0. The number of anilines is 1. The molecule has 126 valence electrons. The number of rotatable bonds is 5. The van der Waals surface area contributed by atoms with Gasteiger partial charge in [0.25, 0.3) is 11.7 Å². The molecular weight excluding hydrogens is 314 g/mol. The van der Waals surface area contributed by atoms with Gasteiger partial charge in [0.2, 0.25) is 0 Å². The molecule has 1 amide bonds. The number of amides is 1. The van der Waals surface area contributed by atoms with Crippen LogP contribution in [0, 0.1) is 0 Å². The van der Waals surface area contributed by atoms with E-state index >= 15 is 0 Å². The predicted molar refractivity (Wildman–Crippen MR) is 85.0 cm³/mol. The Morgan fingerprint density at radius 2 is 1.58 bits per heavy atom. The van der Waals surface area contributed by atoms with E-state index in [4.69, 9.17) is 4.74 Å². The van der Waals surface area contributed by atoms with E-state index in [-0.39, 0.29) is 18.8 Å². The highest BCUT2D eigenvalue weighted by molar-refractivity contribution is 6.53. The lowest BCUT2D eigenvalue weighted by Crippen LogP contribution is -2.29. The Kier molecular flexibility index (Phi) is 5.13. The number of likely N-dealkylation sites (N-methyl/N-ethyl adjacent to an activating group) is 1. The number of fused-ring (bicyclic) bond motifs is 1. The minimum absolute atomic E-state index is 0.00258. The average molecular weight is 331 g/mol. The summed E-state index contributed by atoms with van der Waals surface area (Å²) in [6.07, 6.45) is 0. The van der Waals surface area contributed by atoms with E-state index in [1.54, 1.807) is 31.2 Å². The number of ketones is 1. The molecule has 0 unspecified atom stereocenters. The fourth-order valence-corrected chi connectivity index (χ4v) is 2.42. The van der Waals surface area contributed by atoms with Crippen molar-refractivity contribution < 1.29 is 28.7 Å². The summed E-state index contributed by atoms with van der Waals surface area (Å²) < 4.78 is 9.54. The fraction of sp³-hybridized carbons (Fsp3) is 0.294. The maximum absolute atomic E-state index is 12.6. The van der Waals surface area contributed by atoms with Gasteiger partial charge in [-0.15, -0.1) is 0 Å². The van der Waals surface area contributed by atoms with Crippen LogP contribution >= 0.6 is 0 Å². The van der Waals surface area contributed by atoms with Crippen molar-refractivity contribution in [2.45, 2.75) is 13.8 Å². The van der Waals surface area contributed by atoms with Gasteiger partial charge in [-0.2, -0.15) is 0 Å². The van der Waals surface area contributed by atoms with Crippen LogP contribution in [-0.2, 0) is 28.7 Å². The Morgan fingerprint density at radius 1 is 1.00 bits per heavy atom. The summed E-state index contributed by atoms with van der Waals surface area (Å²) in [4.78, 5) is 50.3. The lowest BCUT2D eigenvalue weighted by atomic mass is 9.98. The molecular formula is C17H17NO6. The molecule has 0 saturated carbocycles. The van der Waals surface area contributed by atoms with Crippen LogP contribution in [0.1, 0.15) is 19.4 Å². The SMILES string of the molecule is CCOC(=O)C(=O)/C(C(=O)OCC)=C1\C(=O)N(C)c2ccccc21. The van der Waals surface area contributed by atoms with Crippen LogP contribution in [0.25, 0.3) is 5.57 Å². The molecule has 0 aromatic heterocycles. The predicted octanol–water partition coefficient (Wildman–Crippen LogP) is 1.11. The smallest absolute Gasteiger partial charge is 0.379 e. The van der Waals surface area contributed by atoms with Crippen molar-refractivity contribution in [3.05, 3.63) is 35.4 Å². The quantitative estimate of drug-likeness (QED) is 0.264. The second-order valence-corrected chi connectivity index (χ2v) is 4.90. The first-order valence-electron chi connectivity index (χ1n) is 7.44. The van der Waals surface area contributed by atoms with Crippen molar-refractivity contribution in [2.75, 3.05) is 25.2 Å². The summed E-state index contributed by atoms with van der Waals surface area (Å²) >= 11 is 0. The highest BCUT2D eigenvalue weighted by Gasteiger charge is 2.39. The molecule has 0 saturated heterocycles. The molecule has 1 aliphatic heterocycles. The summed E-state index contributed by atoms with van der Waals surface area (Å²) in [6, 6.07) is 6.67. The third kappa shape index (κ3) is 2.92. The van der Waals surface area contributed by atoms with Gasteiger partial charge in [-0.1, -0.05) is 18.2 Å². The maximum atomic E-state index is 12.6. The van der Waals surface area contributed by atoms with E-state index in [9.17, 15) is 19.2 Å². The number of carbonyl (C=O) groups is 4. The van der Waals surface area contributed by atoms with Crippen molar-refractivity contribution in [3.8, 4) is 0 Å². The molecule has 0 fully saturated rings. The van der Waals surface area contributed by atoms with Gasteiger partial charge in [-0.3, -0.25) is 9.59 Å². The van der Waals surface area contributed by atoms with Gasteiger partial charge in [0.1, 0.15) is 5.57 Å². The molecule has 0 atom stereocenters. The van der Waals surface area contributed by atoms with Gasteiger partial charge in [0.05, 0.1) is 24.5 Å². The number of ether oxygens (including phenoxy) is 2. The monoisotopic (exact) mass is 331 g/mol. The van der Waals surface area contributed by atoms with Crippen molar-refractivity contribution in [1.82, 2.24) is 0 Å². The minimum Gasteiger partial charge on any atom is -0.462 e. The minimum atomic E-state index is -1.20. The number of hydrogen-bond donors (Lipinski definition) is 0. The summed E-state index contributed by atoms with van der Waals surface area (Å²) in [6.45, 7) is 3.07. The number of carbonyl (C=O) groups excluding carboxylic acids is 4. The van der Waals surface area contributed by atoms with Crippen molar-refractivity contribution in [3.63, 3.8) is 0 Å². The van der Waals surface area contributed by atoms with Gasteiger partial charge < -0.3 is 14.4 Å². The normalized spacial score (nSPS) is 15.0. The van der Waals surface area contributed by atoms with Gasteiger partial charge in [-0.25, -0.2) is 9.59 Å². The van der Waals surface area contributed by atoms with Crippen molar-refractivity contribution in [1.29, 1.82) is 0 Å². The first kappa shape index (κ1) is 17.4. The molecule has 7 heteroatoms. The van der Waals surface area contributed by atoms with Gasteiger partial charge in [-0.05, 0) is 19.9 Å². The maximum Gasteiger partial charge on any atom is 0.379 e. The van der Waals surface area contributed by atoms with Crippen LogP contribution in [0.15, 0.2) is 29.8 Å². The molecule has 0 aliphatic carbocycles. The number of para-hydroxylation sites is 1. The topological polar surface area (TPSA) is 90.0 Å². The van der Waals surface area contributed by atoms with Gasteiger partial charge in [0.15, 0.2) is 0 Å². The van der Waals surface area contributed by atoms with E-state index in [0.29, 0.717) is 11.3 Å². The Morgan fingerprint density at radius 3 is 2.21 bits per heavy atom. The van der Waals surface area contributed by atoms with Gasteiger partial charge >= 0.3 is 11.9 Å². The molecule has 1 aliphatic rings. The zero-order valence-corrected chi connectivity index (χ0v) is 13.6. The summed E-state index contributed by atoms with van der Waals surface area (Å²) in [5.41, 5.74) is 0.184. The molecule has 7 nitrogen and oxygen atoms in total. The number of hydrogen-bond acceptors (Lipinski definition) is 6. The van der Waals surface area contributed by atoms with E-state index in [1.807, 2.05) is 0 Å². The summed E-state index contributed by atoms with van der Waals surface area (Å²) in [5.74, 6) is -3.97. The van der Waals surface area contributed by atoms with E-state index in [0.717, 1.165) is 0 Å². The second-order valence-electron chi connectivity index (χ2n) is 4.90. The molecule has 0 N–H and O–H groups in total. The summed E-state index contributed by atoms with van der Waals surface area (Å²) in [7, 11) is 1.52. The molecule has 0 spiro atoms. The van der Waals surface area contributed by atoms with Crippen LogP contribution in [0.3, 0.4) is 0 Å². The highest BCUT2D eigenvalue weighted by atomic mass is 16.5. The Bertz CT molecular complexity index is 749. The Hall–Kier alpha value is -2.96. The number of nitrogens with zero attached hydrogens (tertiary/aromatic N) is 1. The molecule has 2 rings (SSSR count). The first-order chi connectivity index (χ1) is 11.4. The van der Waals surface area contributed by atoms with Crippen LogP contribution in [-0.4, -0.2) is 43.9 Å². The van der Waals surface area contributed by atoms with E-state index < -0.39 is 29.2 Å². The van der Waals surface area contributed by atoms with E-state index in [1.165, 1.54) is 18.9 Å². The van der Waals surface area contributed by atoms with E-state index in [2.05, 4.69) is 4.74 Å². The third-order valence-electron chi connectivity index (χ3n) is 3.47. The van der Waals surface area contributed by atoms with Crippen LogP contribution in [0.5, 0.6) is 0 Å². The van der Waals surface area contributed by atoms with Crippen LogP contribution in [0.2, 0.25) is 0 Å². The zero-order chi connectivity index (χ0) is 17.9. The van der Waals surface area contributed by atoms with Crippen molar-refractivity contribution >= 4 is 34.9 Å². The van der Waals surface area contributed by atoms with Crippen molar-refractivity contribution in [2.24, 2.45) is 0 Å². The highest BCUT2D eigenvalue weighted by Crippen LogP contribution is 2.37. The average Bonchev–Trinajstić information content (AvgIpc) is 2.81. The molecule has 0 radical (unpaired) electrons. The Balaban J connectivity index is 2.67. The number of esters is 2. The third-order valence-corrected chi connectivity index (χ3v) is 3.47. The lowest BCUT2D eigenvalue weighted by Gasteiger charge is -2.10. The molecule has 1 heterocycles. The number of Topliss-reactive ketones (excluding diaryl/α,β-unsaturated/α-hetero) is 1. The lowest BCUT2D eigenvalue weighted by molar-refractivity contribution is -0.153. The van der Waals surface area contributed by atoms with Crippen LogP contribution in [0.4, 0.5) is 5.69 Å². The molecule has 0 bridgehead atoms. The molecule has 1 aromatic carbocycles. The molecule has 1 aromatic rings. The largest absolute Gasteiger partial charge is 0.462 e. The fourth-order valence-electron chi connectivity index (χ4n) is 2.42. The molecule has 24 heavy (non-hydrogen) atoms. The second kappa shape index (κ2) is 7.08. The zero-order valence-electron chi connectivity index (χ0n) is 13.6.